The summed E-state index contributed by atoms with van der Waals surface area (Å²) in [6, 6.07) is 0. The zero-order chi connectivity index (χ0) is 11.8. The van der Waals surface area contributed by atoms with Gasteiger partial charge in [-0.15, -0.1) is 0 Å². The highest BCUT2D eigenvalue weighted by Crippen LogP contribution is 2.43. The highest BCUT2D eigenvalue weighted by molar-refractivity contribution is 5.12. The number of allylic oxidation sites excluding steroid dienone is 3. The molecule has 1 nitrogen and oxygen atoms in total. The van der Waals surface area contributed by atoms with Crippen molar-refractivity contribution in [3.8, 4) is 0 Å². The number of ether oxygens (including phenoxy) is 1. The van der Waals surface area contributed by atoms with Gasteiger partial charge in [-0.2, -0.15) is 0 Å². The topological polar surface area (TPSA) is 12.5 Å². The first-order valence-electron chi connectivity index (χ1n) is 6.42. The van der Waals surface area contributed by atoms with Crippen molar-refractivity contribution < 1.29 is 4.74 Å². The Bertz CT molecular complexity index is 324. The van der Waals surface area contributed by atoms with Crippen molar-refractivity contribution >= 4 is 0 Å². The summed E-state index contributed by atoms with van der Waals surface area (Å²) in [6.45, 7) is 9.11. The van der Waals surface area contributed by atoms with E-state index >= 15 is 0 Å². The number of fused-ring (bicyclic) bond motifs is 1. The van der Waals surface area contributed by atoms with E-state index < -0.39 is 0 Å². The molecule has 0 saturated carbocycles. The lowest BCUT2D eigenvalue weighted by Crippen LogP contribution is -2.10. The molecule has 0 spiro atoms. The van der Waals surface area contributed by atoms with Gasteiger partial charge in [-0.3, -0.25) is 0 Å². The molecular weight excluding hydrogens is 196 g/mol. The zero-order valence-electron chi connectivity index (χ0n) is 11.0. The summed E-state index contributed by atoms with van der Waals surface area (Å²) < 4.78 is 5.80. The van der Waals surface area contributed by atoms with Gasteiger partial charge in [0.1, 0.15) is 0 Å². The van der Waals surface area contributed by atoms with Crippen molar-refractivity contribution in [3.63, 3.8) is 0 Å². The van der Waals surface area contributed by atoms with Gasteiger partial charge in [-0.1, -0.05) is 37.6 Å². The van der Waals surface area contributed by atoms with Crippen LogP contribution in [0, 0.1) is 5.41 Å². The second-order valence-electron chi connectivity index (χ2n) is 6.32. The van der Waals surface area contributed by atoms with Crippen molar-refractivity contribution in [2.24, 2.45) is 5.41 Å². The van der Waals surface area contributed by atoms with Crippen LogP contribution in [-0.4, -0.2) is 11.7 Å². The first-order chi connectivity index (χ1) is 7.41. The minimum atomic E-state index is 0.138. The normalized spacial score (nSPS) is 43.5. The van der Waals surface area contributed by atoms with Gasteiger partial charge in [0.05, 0.1) is 11.7 Å². The summed E-state index contributed by atoms with van der Waals surface area (Å²) >= 11 is 0. The lowest BCUT2D eigenvalue weighted by atomic mass is 9.85. The minimum Gasteiger partial charge on any atom is -0.366 e. The molecule has 2 atom stereocenters. The number of hydrogen-bond donors (Lipinski definition) is 0. The third-order valence-corrected chi connectivity index (χ3v) is 3.78. The molecular formula is C15H24O. The van der Waals surface area contributed by atoms with Gasteiger partial charge in [0.25, 0.3) is 0 Å². The lowest BCUT2D eigenvalue weighted by molar-refractivity contribution is 0.306. The van der Waals surface area contributed by atoms with Gasteiger partial charge in [0, 0.05) is 0 Å². The summed E-state index contributed by atoms with van der Waals surface area (Å²) in [5.74, 6) is 0. The lowest BCUT2D eigenvalue weighted by Gasteiger charge is -2.20. The molecule has 0 aromatic heterocycles. The fourth-order valence-electron chi connectivity index (χ4n) is 2.78. The van der Waals surface area contributed by atoms with Crippen LogP contribution < -0.4 is 0 Å². The van der Waals surface area contributed by atoms with Crippen LogP contribution in [-0.2, 0) is 4.74 Å². The average Bonchev–Trinajstić information content (AvgIpc) is 2.74. The van der Waals surface area contributed by atoms with Gasteiger partial charge >= 0.3 is 0 Å². The first-order valence-corrected chi connectivity index (χ1v) is 6.42. The third-order valence-electron chi connectivity index (χ3n) is 3.78. The number of epoxide rings is 1. The van der Waals surface area contributed by atoms with Crippen LogP contribution in [0.2, 0.25) is 0 Å². The third kappa shape index (κ3) is 2.76. The maximum atomic E-state index is 5.80. The standard InChI is InChI=1S/C15H24O/c1-12-7-5-8-13-15(4,16-13)10-6-9-14(2,3)11-12/h6-7,9,13H,5,8,10-11H2,1-4H3/b9-6+,12-7+/t13-,15-/m1/s1. The Balaban J connectivity index is 2.11. The van der Waals surface area contributed by atoms with Crippen molar-refractivity contribution in [1.29, 1.82) is 0 Å². The summed E-state index contributed by atoms with van der Waals surface area (Å²) in [5.41, 5.74) is 1.93. The molecule has 0 aromatic carbocycles. The quantitative estimate of drug-likeness (QED) is 0.439. The molecule has 0 amide bonds. The molecule has 0 N–H and O–H groups in total. The van der Waals surface area contributed by atoms with E-state index in [9.17, 15) is 0 Å². The maximum absolute atomic E-state index is 5.80. The largest absolute Gasteiger partial charge is 0.366 e. The Morgan fingerprint density at radius 1 is 1.31 bits per heavy atom. The fraction of sp³-hybridized carbons (Fsp3) is 0.733. The van der Waals surface area contributed by atoms with Gasteiger partial charge in [-0.25, -0.2) is 0 Å². The smallest absolute Gasteiger partial charge is 0.0954 e. The molecule has 16 heavy (non-hydrogen) atoms. The van der Waals surface area contributed by atoms with E-state index in [0.29, 0.717) is 6.10 Å². The summed E-state index contributed by atoms with van der Waals surface area (Å²) in [7, 11) is 0. The Morgan fingerprint density at radius 2 is 2.06 bits per heavy atom. The average molecular weight is 220 g/mol. The summed E-state index contributed by atoms with van der Waals surface area (Å²) in [5, 5.41) is 0. The van der Waals surface area contributed by atoms with E-state index in [1.54, 1.807) is 0 Å². The Labute approximate surface area is 99.6 Å². The van der Waals surface area contributed by atoms with Gasteiger partial charge in [0.15, 0.2) is 0 Å². The van der Waals surface area contributed by atoms with Crippen molar-refractivity contribution in [3.05, 3.63) is 23.8 Å². The Hall–Kier alpha value is -0.560. The Kier molecular flexibility index (Phi) is 3.00. The minimum absolute atomic E-state index is 0.138. The molecule has 1 heteroatoms. The second kappa shape index (κ2) is 4.03. The van der Waals surface area contributed by atoms with E-state index in [1.165, 1.54) is 24.8 Å². The first kappa shape index (κ1) is 11.9. The molecule has 2 rings (SSSR count). The van der Waals surface area contributed by atoms with Crippen LogP contribution in [0.15, 0.2) is 23.8 Å². The van der Waals surface area contributed by atoms with Gasteiger partial charge < -0.3 is 4.74 Å². The molecule has 0 radical (unpaired) electrons. The second-order valence-corrected chi connectivity index (χ2v) is 6.32. The van der Waals surface area contributed by atoms with Crippen LogP contribution in [0.3, 0.4) is 0 Å². The summed E-state index contributed by atoms with van der Waals surface area (Å²) in [6.07, 6.45) is 12.2. The van der Waals surface area contributed by atoms with E-state index in [0.717, 1.165) is 6.42 Å². The summed E-state index contributed by atoms with van der Waals surface area (Å²) in [4.78, 5) is 0. The van der Waals surface area contributed by atoms with E-state index in [4.69, 9.17) is 4.74 Å². The molecule has 1 aliphatic carbocycles. The molecule has 1 fully saturated rings. The van der Waals surface area contributed by atoms with Gasteiger partial charge in [-0.05, 0) is 44.9 Å². The van der Waals surface area contributed by atoms with Crippen LogP contribution >= 0.6 is 0 Å². The molecule has 0 aromatic rings. The molecule has 1 saturated heterocycles. The molecule has 1 aliphatic heterocycles. The predicted molar refractivity (Wildman–Crippen MR) is 68.4 cm³/mol. The molecule has 2 aliphatic rings. The fourth-order valence-corrected chi connectivity index (χ4v) is 2.78. The molecule has 90 valence electrons. The maximum Gasteiger partial charge on any atom is 0.0954 e. The Morgan fingerprint density at radius 3 is 2.81 bits per heavy atom. The van der Waals surface area contributed by atoms with Crippen LogP contribution in [0.5, 0.6) is 0 Å². The number of rotatable bonds is 0. The molecule has 0 unspecified atom stereocenters. The van der Waals surface area contributed by atoms with Crippen molar-refractivity contribution in [2.75, 3.05) is 0 Å². The van der Waals surface area contributed by atoms with Crippen molar-refractivity contribution in [1.82, 2.24) is 0 Å². The van der Waals surface area contributed by atoms with E-state index in [1.807, 2.05) is 0 Å². The van der Waals surface area contributed by atoms with E-state index in [2.05, 4.69) is 45.9 Å². The highest BCUT2D eigenvalue weighted by atomic mass is 16.6. The SMILES string of the molecule is C/C1=C\CC[C@H]2O[C@]2(C)C/C=C/C(C)(C)C1. The zero-order valence-corrected chi connectivity index (χ0v) is 11.0. The van der Waals surface area contributed by atoms with Crippen LogP contribution in [0.4, 0.5) is 0 Å². The number of hydrogen-bond acceptors (Lipinski definition) is 1. The van der Waals surface area contributed by atoms with Crippen LogP contribution in [0.1, 0.15) is 53.4 Å². The van der Waals surface area contributed by atoms with Gasteiger partial charge in [0.2, 0.25) is 0 Å². The van der Waals surface area contributed by atoms with E-state index in [-0.39, 0.29) is 11.0 Å². The molecule has 0 bridgehead atoms. The highest BCUT2D eigenvalue weighted by Gasteiger charge is 2.50. The van der Waals surface area contributed by atoms with Crippen molar-refractivity contribution in [2.45, 2.75) is 65.1 Å². The van der Waals surface area contributed by atoms with Crippen LogP contribution in [0.25, 0.3) is 0 Å². The molecule has 1 heterocycles. The monoisotopic (exact) mass is 220 g/mol. The predicted octanol–water partition coefficient (Wildman–Crippen LogP) is 4.25.